The van der Waals surface area contributed by atoms with Crippen LogP contribution in [0.1, 0.15) is 11.1 Å². The van der Waals surface area contributed by atoms with Gasteiger partial charge in [-0.05, 0) is 48.4 Å². The molecular formula is C18H19N3O. The van der Waals surface area contributed by atoms with Crippen molar-refractivity contribution in [2.24, 2.45) is 0 Å². The Hall–Kier alpha value is -2.75. The van der Waals surface area contributed by atoms with E-state index >= 15 is 0 Å². The van der Waals surface area contributed by atoms with Gasteiger partial charge in [0.1, 0.15) is 11.6 Å². The Balaban J connectivity index is 1.87. The Morgan fingerprint density at radius 3 is 2.59 bits per heavy atom. The molecule has 0 aliphatic heterocycles. The second kappa shape index (κ2) is 5.93. The molecular weight excluding hydrogens is 274 g/mol. The molecule has 22 heavy (non-hydrogen) atoms. The van der Waals surface area contributed by atoms with Crippen LogP contribution in [0.4, 0.5) is 11.5 Å². The van der Waals surface area contributed by atoms with Crippen molar-refractivity contribution < 1.29 is 4.74 Å². The van der Waals surface area contributed by atoms with E-state index in [1.54, 1.807) is 13.3 Å². The average molecular weight is 293 g/mol. The van der Waals surface area contributed by atoms with Gasteiger partial charge < -0.3 is 15.8 Å². The summed E-state index contributed by atoms with van der Waals surface area (Å²) in [4.78, 5) is 4.45. The third-order valence-electron chi connectivity index (χ3n) is 3.68. The van der Waals surface area contributed by atoms with E-state index < -0.39 is 0 Å². The maximum atomic E-state index is 6.10. The number of hydrogen-bond acceptors (Lipinski definition) is 4. The standard InChI is InChI=1S/C18H19N3O/c1-12-9-16-15(17(19)10-12)7-8-20-18(16)21-11-13-3-5-14(22-2)6-4-13/h3-10H,11,19H2,1-2H3,(H,20,21). The van der Waals surface area contributed by atoms with Gasteiger partial charge in [0.2, 0.25) is 0 Å². The first kappa shape index (κ1) is 14.2. The lowest BCUT2D eigenvalue weighted by Crippen LogP contribution is -2.02. The van der Waals surface area contributed by atoms with Crippen LogP contribution < -0.4 is 15.8 Å². The number of aryl methyl sites for hydroxylation is 1. The molecule has 0 saturated heterocycles. The second-order valence-electron chi connectivity index (χ2n) is 5.31. The fourth-order valence-corrected chi connectivity index (χ4v) is 2.53. The molecule has 0 bridgehead atoms. The van der Waals surface area contributed by atoms with E-state index in [9.17, 15) is 0 Å². The van der Waals surface area contributed by atoms with E-state index in [0.717, 1.165) is 33.6 Å². The summed E-state index contributed by atoms with van der Waals surface area (Å²) in [5, 5.41) is 5.46. The van der Waals surface area contributed by atoms with E-state index in [1.807, 2.05) is 43.3 Å². The van der Waals surface area contributed by atoms with Gasteiger partial charge in [0.05, 0.1) is 7.11 Å². The third-order valence-corrected chi connectivity index (χ3v) is 3.68. The van der Waals surface area contributed by atoms with Crippen molar-refractivity contribution in [1.29, 1.82) is 0 Å². The zero-order valence-corrected chi connectivity index (χ0v) is 12.8. The number of nitrogens with one attached hydrogen (secondary N) is 1. The molecule has 112 valence electrons. The number of ether oxygens (including phenoxy) is 1. The molecule has 3 rings (SSSR count). The largest absolute Gasteiger partial charge is 0.497 e. The van der Waals surface area contributed by atoms with Gasteiger partial charge in [-0.3, -0.25) is 0 Å². The summed E-state index contributed by atoms with van der Waals surface area (Å²) < 4.78 is 5.17. The maximum absolute atomic E-state index is 6.10. The van der Waals surface area contributed by atoms with Crippen LogP contribution in [-0.4, -0.2) is 12.1 Å². The molecule has 0 atom stereocenters. The number of rotatable bonds is 4. The summed E-state index contributed by atoms with van der Waals surface area (Å²) in [6, 6.07) is 14.0. The number of anilines is 2. The van der Waals surface area contributed by atoms with Crippen molar-refractivity contribution >= 4 is 22.3 Å². The smallest absolute Gasteiger partial charge is 0.134 e. The van der Waals surface area contributed by atoms with Gasteiger partial charge >= 0.3 is 0 Å². The van der Waals surface area contributed by atoms with Crippen LogP contribution in [0.2, 0.25) is 0 Å². The predicted molar refractivity (Wildman–Crippen MR) is 91.2 cm³/mol. The van der Waals surface area contributed by atoms with Crippen LogP contribution in [0.5, 0.6) is 5.75 Å². The van der Waals surface area contributed by atoms with Gasteiger partial charge in [-0.25, -0.2) is 4.98 Å². The molecule has 1 aromatic heterocycles. The Bertz CT molecular complexity index is 797. The maximum Gasteiger partial charge on any atom is 0.134 e. The van der Waals surface area contributed by atoms with Crippen molar-refractivity contribution in [2.45, 2.75) is 13.5 Å². The number of nitrogens with two attached hydrogens (primary N) is 1. The van der Waals surface area contributed by atoms with Gasteiger partial charge in [0.25, 0.3) is 0 Å². The summed E-state index contributed by atoms with van der Waals surface area (Å²) >= 11 is 0. The summed E-state index contributed by atoms with van der Waals surface area (Å²) in [5.74, 6) is 1.71. The van der Waals surface area contributed by atoms with Crippen LogP contribution in [0, 0.1) is 6.92 Å². The normalized spacial score (nSPS) is 10.6. The highest BCUT2D eigenvalue weighted by Gasteiger charge is 2.06. The predicted octanol–water partition coefficient (Wildman–Crippen LogP) is 3.75. The molecule has 0 spiro atoms. The molecule has 0 amide bonds. The average Bonchev–Trinajstić information content (AvgIpc) is 2.53. The second-order valence-corrected chi connectivity index (χ2v) is 5.31. The molecule has 0 unspecified atom stereocenters. The van der Waals surface area contributed by atoms with Crippen LogP contribution in [0.15, 0.2) is 48.7 Å². The van der Waals surface area contributed by atoms with Crippen molar-refractivity contribution in [1.82, 2.24) is 4.98 Å². The quantitative estimate of drug-likeness (QED) is 0.719. The lowest BCUT2D eigenvalue weighted by atomic mass is 10.1. The topological polar surface area (TPSA) is 60.2 Å². The number of pyridine rings is 1. The van der Waals surface area contributed by atoms with Crippen molar-refractivity contribution in [3.05, 3.63) is 59.8 Å². The Morgan fingerprint density at radius 1 is 1.09 bits per heavy atom. The highest BCUT2D eigenvalue weighted by atomic mass is 16.5. The van der Waals surface area contributed by atoms with Crippen LogP contribution >= 0.6 is 0 Å². The van der Waals surface area contributed by atoms with Crippen molar-refractivity contribution in [3.63, 3.8) is 0 Å². The van der Waals surface area contributed by atoms with Crippen LogP contribution in [0.25, 0.3) is 10.8 Å². The molecule has 0 saturated carbocycles. The summed E-state index contributed by atoms with van der Waals surface area (Å²) in [6.45, 7) is 2.74. The van der Waals surface area contributed by atoms with Crippen LogP contribution in [0.3, 0.4) is 0 Å². The van der Waals surface area contributed by atoms with E-state index in [1.165, 1.54) is 5.56 Å². The van der Waals surface area contributed by atoms with Crippen molar-refractivity contribution in [2.75, 3.05) is 18.2 Å². The molecule has 1 heterocycles. The summed E-state index contributed by atoms with van der Waals surface area (Å²) in [5.41, 5.74) is 9.17. The number of benzene rings is 2. The molecule has 0 radical (unpaired) electrons. The first-order valence-electron chi connectivity index (χ1n) is 7.19. The summed E-state index contributed by atoms with van der Waals surface area (Å²) in [7, 11) is 1.67. The zero-order valence-electron chi connectivity index (χ0n) is 12.8. The molecule has 4 nitrogen and oxygen atoms in total. The Morgan fingerprint density at radius 2 is 1.86 bits per heavy atom. The SMILES string of the molecule is COc1ccc(CNc2nccc3c(N)cc(C)cc23)cc1. The van der Waals surface area contributed by atoms with Gasteiger partial charge in [0, 0.05) is 29.2 Å². The van der Waals surface area contributed by atoms with Gasteiger partial charge in [-0.15, -0.1) is 0 Å². The molecule has 2 aromatic carbocycles. The molecule has 3 N–H and O–H groups in total. The molecule has 3 aromatic rings. The van der Waals surface area contributed by atoms with Gasteiger partial charge in [-0.2, -0.15) is 0 Å². The number of methoxy groups -OCH3 is 1. The highest BCUT2D eigenvalue weighted by molar-refractivity contribution is 5.99. The molecule has 0 fully saturated rings. The monoisotopic (exact) mass is 293 g/mol. The molecule has 4 heteroatoms. The Labute approximate surface area is 129 Å². The van der Waals surface area contributed by atoms with Crippen LogP contribution in [-0.2, 0) is 6.54 Å². The number of nitrogens with zero attached hydrogens (tertiary/aromatic N) is 1. The minimum absolute atomic E-state index is 0.698. The van der Waals surface area contributed by atoms with Gasteiger partial charge in [-0.1, -0.05) is 12.1 Å². The lowest BCUT2D eigenvalue weighted by molar-refractivity contribution is 0.414. The van der Waals surface area contributed by atoms with Crippen molar-refractivity contribution in [3.8, 4) is 5.75 Å². The van der Waals surface area contributed by atoms with Gasteiger partial charge in [0.15, 0.2) is 0 Å². The minimum Gasteiger partial charge on any atom is -0.497 e. The molecule has 0 aliphatic carbocycles. The molecule has 0 aliphatic rings. The Kier molecular flexibility index (Phi) is 3.83. The third kappa shape index (κ3) is 2.81. The zero-order chi connectivity index (χ0) is 15.5. The number of aromatic nitrogens is 1. The van der Waals surface area contributed by atoms with E-state index in [0.29, 0.717) is 6.54 Å². The fourth-order valence-electron chi connectivity index (χ4n) is 2.53. The highest BCUT2D eigenvalue weighted by Crippen LogP contribution is 2.27. The number of fused-ring (bicyclic) bond motifs is 1. The minimum atomic E-state index is 0.698. The number of hydrogen-bond donors (Lipinski definition) is 2. The first-order valence-corrected chi connectivity index (χ1v) is 7.19. The fraction of sp³-hybridized carbons (Fsp3) is 0.167. The van der Waals surface area contributed by atoms with E-state index in [4.69, 9.17) is 10.5 Å². The number of nitrogen functional groups attached to an aromatic ring is 1. The lowest BCUT2D eigenvalue weighted by Gasteiger charge is -2.11. The first-order chi connectivity index (χ1) is 10.7. The summed E-state index contributed by atoms with van der Waals surface area (Å²) in [6.07, 6.45) is 1.78. The van der Waals surface area contributed by atoms with E-state index in [2.05, 4.69) is 16.4 Å². The van der Waals surface area contributed by atoms with E-state index in [-0.39, 0.29) is 0 Å².